The van der Waals surface area contributed by atoms with Crippen LogP contribution in [0, 0.1) is 0 Å². The summed E-state index contributed by atoms with van der Waals surface area (Å²) >= 11 is 0. The third-order valence-electron chi connectivity index (χ3n) is 5.11. The molecule has 0 aliphatic rings. The van der Waals surface area contributed by atoms with Crippen LogP contribution in [0.15, 0.2) is 71.6 Å². The van der Waals surface area contributed by atoms with Crippen LogP contribution in [0.2, 0.25) is 0 Å². The summed E-state index contributed by atoms with van der Waals surface area (Å²) in [5.74, 6) is -1.60. The number of phenolic OH excluding ortho intramolecular Hbond substituents is 1. The highest BCUT2D eigenvalue weighted by Gasteiger charge is 2.18. The lowest BCUT2D eigenvalue weighted by Gasteiger charge is -2.12. The van der Waals surface area contributed by atoms with Crippen LogP contribution in [-0.4, -0.2) is 38.7 Å². The van der Waals surface area contributed by atoms with Gasteiger partial charge in [-0.1, -0.05) is 31.2 Å². The molecule has 0 aromatic heterocycles. The van der Waals surface area contributed by atoms with Gasteiger partial charge < -0.3 is 14.6 Å². The van der Waals surface area contributed by atoms with Crippen LogP contribution in [0.1, 0.15) is 41.0 Å². The molecular formula is C25H25NO7S. The zero-order chi connectivity index (χ0) is 24.9. The van der Waals surface area contributed by atoms with E-state index >= 15 is 0 Å². The van der Waals surface area contributed by atoms with Gasteiger partial charge in [-0.25, -0.2) is 18.0 Å². The van der Waals surface area contributed by atoms with Crippen molar-refractivity contribution in [1.29, 1.82) is 0 Å². The molecule has 0 aliphatic carbocycles. The Labute approximate surface area is 198 Å². The van der Waals surface area contributed by atoms with Gasteiger partial charge in [0.25, 0.3) is 10.0 Å². The van der Waals surface area contributed by atoms with E-state index in [0.29, 0.717) is 23.1 Å². The van der Waals surface area contributed by atoms with Crippen molar-refractivity contribution in [1.82, 2.24) is 0 Å². The molecule has 0 saturated heterocycles. The largest absolute Gasteiger partial charge is 0.507 e. The summed E-state index contributed by atoms with van der Waals surface area (Å²) in [5, 5.41) is 10.0. The van der Waals surface area contributed by atoms with Crippen molar-refractivity contribution in [2.45, 2.75) is 31.3 Å². The Hall–Kier alpha value is -3.85. The number of benzene rings is 3. The second-order valence-corrected chi connectivity index (χ2v) is 9.24. The van der Waals surface area contributed by atoms with E-state index in [1.54, 1.807) is 36.4 Å². The summed E-state index contributed by atoms with van der Waals surface area (Å²) in [7, 11) is -2.84. The topological polar surface area (TPSA) is 119 Å². The van der Waals surface area contributed by atoms with Crippen molar-refractivity contribution in [2.24, 2.45) is 0 Å². The molecule has 0 amide bonds. The number of carbonyl (C=O) groups excluding carboxylic acids is 2. The van der Waals surface area contributed by atoms with Crippen molar-refractivity contribution in [3.63, 3.8) is 0 Å². The minimum absolute atomic E-state index is 0.0193. The van der Waals surface area contributed by atoms with Gasteiger partial charge in [0, 0.05) is 6.07 Å². The van der Waals surface area contributed by atoms with E-state index in [1.807, 2.05) is 13.8 Å². The van der Waals surface area contributed by atoms with Crippen molar-refractivity contribution in [3.05, 3.63) is 77.9 Å². The van der Waals surface area contributed by atoms with Crippen LogP contribution in [0.3, 0.4) is 0 Å². The Bertz CT molecular complexity index is 1320. The quantitative estimate of drug-likeness (QED) is 0.449. The first-order valence-electron chi connectivity index (χ1n) is 10.5. The van der Waals surface area contributed by atoms with Crippen molar-refractivity contribution >= 4 is 27.6 Å². The van der Waals surface area contributed by atoms with Crippen LogP contribution in [0.5, 0.6) is 5.75 Å². The molecule has 0 fully saturated rings. The molecule has 0 saturated carbocycles. The standard InChI is InChI=1S/C25H25NO7S/c1-4-16(2)33-24(28)19-9-5-7-17(13-19)18-8-6-10-21(14-18)34(30,31)26-20-11-12-22(23(27)15-20)25(29)32-3/h5-16,26-27H,4H2,1-3H3. The lowest BCUT2D eigenvalue weighted by Crippen LogP contribution is -2.14. The zero-order valence-corrected chi connectivity index (χ0v) is 19.8. The summed E-state index contributed by atoms with van der Waals surface area (Å²) in [4.78, 5) is 24.0. The first-order chi connectivity index (χ1) is 16.1. The lowest BCUT2D eigenvalue weighted by molar-refractivity contribution is 0.0334. The van der Waals surface area contributed by atoms with Gasteiger partial charge in [-0.15, -0.1) is 0 Å². The number of anilines is 1. The highest BCUT2D eigenvalue weighted by molar-refractivity contribution is 7.92. The molecule has 1 unspecified atom stereocenters. The Morgan fingerprint density at radius 1 is 0.971 bits per heavy atom. The molecule has 2 N–H and O–H groups in total. The molecule has 1 atom stereocenters. The van der Waals surface area contributed by atoms with E-state index in [0.717, 1.165) is 6.07 Å². The molecule has 3 aromatic rings. The molecule has 3 rings (SSSR count). The number of aromatic hydroxyl groups is 1. The fourth-order valence-corrected chi connectivity index (χ4v) is 4.19. The summed E-state index contributed by atoms with van der Waals surface area (Å²) < 4.78 is 38.2. The first-order valence-corrected chi connectivity index (χ1v) is 12.0. The number of phenols is 1. The van der Waals surface area contributed by atoms with Crippen molar-refractivity contribution in [3.8, 4) is 16.9 Å². The maximum absolute atomic E-state index is 12.9. The van der Waals surface area contributed by atoms with Crippen molar-refractivity contribution < 1.29 is 32.6 Å². The number of hydrogen-bond donors (Lipinski definition) is 2. The normalized spacial score (nSPS) is 12.0. The average molecular weight is 484 g/mol. The second-order valence-electron chi connectivity index (χ2n) is 7.56. The number of sulfonamides is 1. The van der Waals surface area contributed by atoms with Crippen LogP contribution < -0.4 is 4.72 Å². The van der Waals surface area contributed by atoms with Gasteiger partial charge in [0.15, 0.2) is 0 Å². The maximum Gasteiger partial charge on any atom is 0.341 e. The minimum atomic E-state index is -4.01. The summed E-state index contributed by atoms with van der Waals surface area (Å²) in [6.07, 6.45) is 0.485. The molecule has 0 heterocycles. The third-order valence-corrected chi connectivity index (χ3v) is 6.49. The number of ether oxygens (including phenoxy) is 2. The van der Waals surface area contributed by atoms with Crippen LogP contribution in [-0.2, 0) is 19.5 Å². The molecule has 8 nitrogen and oxygen atoms in total. The fourth-order valence-electron chi connectivity index (χ4n) is 3.09. The number of hydrogen-bond acceptors (Lipinski definition) is 7. The van der Waals surface area contributed by atoms with Gasteiger partial charge in [-0.05, 0) is 60.9 Å². The monoisotopic (exact) mass is 483 g/mol. The predicted octanol–water partition coefficient (Wildman–Crippen LogP) is 4.60. The number of rotatable bonds is 8. The highest BCUT2D eigenvalue weighted by atomic mass is 32.2. The number of esters is 2. The second kappa shape index (κ2) is 10.4. The number of methoxy groups -OCH3 is 1. The van der Waals surface area contributed by atoms with E-state index in [1.165, 1.54) is 31.4 Å². The van der Waals surface area contributed by atoms with E-state index < -0.39 is 27.7 Å². The van der Waals surface area contributed by atoms with E-state index in [9.17, 15) is 23.1 Å². The smallest absolute Gasteiger partial charge is 0.341 e. The molecule has 0 spiro atoms. The van der Waals surface area contributed by atoms with Gasteiger partial charge in [-0.2, -0.15) is 0 Å². The summed E-state index contributed by atoms with van der Waals surface area (Å²) in [6, 6.07) is 16.7. The summed E-state index contributed by atoms with van der Waals surface area (Å²) in [6.45, 7) is 3.73. The third kappa shape index (κ3) is 5.74. The highest BCUT2D eigenvalue weighted by Crippen LogP contribution is 2.27. The summed E-state index contributed by atoms with van der Waals surface area (Å²) in [5.41, 5.74) is 1.59. The molecule has 0 aliphatic heterocycles. The van der Waals surface area contributed by atoms with E-state index in [4.69, 9.17) is 4.74 Å². The molecule has 178 valence electrons. The van der Waals surface area contributed by atoms with Gasteiger partial charge in [-0.3, -0.25) is 4.72 Å². The Morgan fingerprint density at radius 3 is 2.29 bits per heavy atom. The van der Waals surface area contributed by atoms with Crippen LogP contribution >= 0.6 is 0 Å². The van der Waals surface area contributed by atoms with Crippen LogP contribution in [0.25, 0.3) is 11.1 Å². The molecular weight excluding hydrogens is 458 g/mol. The van der Waals surface area contributed by atoms with Gasteiger partial charge in [0.1, 0.15) is 11.3 Å². The first kappa shape index (κ1) is 24.8. The lowest BCUT2D eigenvalue weighted by atomic mass is 10.0. The Kier molecular flexibility index (Phi) is 7.57. The number of carbonyl (C=O) groups is 2. The Balaban J connectivity index is 1.86. The number of nitrogens with one attached hydrogen (secondary N) is 1. The average Bonchev–Trinajstić information content (AvgIpc) is 2.83. The van der Waals surface area contributed by atoms with Gasteiger partial charge >= 0.3 is 11.9 Å². The molecule has 3 aromatic carbocycles. The van der Waals surface area contributed by atoms with Crippen molar-refractivity contribution in [2.75, 3.05) is 11.8 Å². The van der Waals surface area contributed by atoms with Crippen LogP contribution in [0.4, 0.5) is 5.69 Å². The van der Waals surface area contributed by atoms with Gasteiger partial charge in [0.2, 0.25) is 0 Å². The minimum Gasteiger partial charge on any atom is -0.507 e. The maximum atomic E-state index is 12.9. The zero-order valence-electron chi connectivity index (χ0n) is 18.9. The molecule has 34 heavy (non-hydrogen) atoms. The SMILES string of the molecule is CCC(C)OC(=O)c1cccc(-c2cccc(S(=O)(=O)Nc3ccc(C(=O)OC)c(O)c3)c2)c1. The molecule has 0 radical (unpaired) electrons. The molecule has 9 heteroatoms. The Morgan fingerprint density at radius 2 is 1.65 bits per heavy atom. The predicted molar refractivity (Wildman–Crippen MR) is 127 cm³/mol. The fraction of sp³-hybridized carbons (Fsp3) is 0.200. The van der Waals surface area contributed by atoms with Gasteiger partial charge in [0.05, 0.1) is 29.4 Å². The van der Waals surface area contributed by atoms with E-state index in [2.05, 4.69) is 9.46 Å². The molecule has 0 bridgehead atoms. The van der Waals surface area contributed by atoms with E-state index in [-0.39, 0.29) is 22.3 Å².